The first-order chi connectivity index (χ1) is 6.02. The number of nitrogens with zero attached hydrogens (tertiary/aromatic N) is 1. The summed E-state index contributed by atoms with van der Waals surface area (Å²) in [7, 11) is 0. The van der Waals surface area contributed by atoms with Crippen LogP contribution in [-0.4, -0.2) is 21.0 Å². The molecule has 0 bridgehead atoms. The van der Waals surface area contributed by atoms with Crippen LogP contribution in [0.3, 0.4) is 0 Å². The summed E-state index contributed by atoms with van der Waals surface area (Å²) in [5.41, 5.74) is 6.52. The van der Waals surface area contributed by atoms with Crippen molar-refractivity contribution in [2.75, 3.05) is 0 Å². The molecule has 1 aromatic heterocycles. The molecule has 0 saturated carbocycles. The Balaban J connectivity index is 3.20. The lowest BCUT2D eigenvalue weighted by molar-refractivity contribution is 0.0689. The number of aromatic carboxylic acids is 1. The third-order valence-electron chi connectivity index (χ3n) is 1.57. The van der Waals surface area contributed by atoms with Crippen LogP contribution in [0.4, 0.5) is 0 Å². The van der Waals surface area contributed by atoms with Crippen molar-refractivity contribution in [3.8, 4) is 0 Å². The lowest BCUT2D eigenvalue weighted by atomic mass is 10.1. The van der Waals surface area contributed by atoms with Crippen molar-refractivity contribution < 1.29 is 9.90 Å². The van der Waals surface area contributed by atoms with Gasteiger partial charge in [0.1, 0.15) is 4.99 Å². The Kier molecular flexibility index (Phi) is 2.57. The van der Waals surface area contributed by atoms with Crippen LogP contribution in [0.1, 0.15) is 21.6 Å². The predicted molar refractivity (Wildman–Crippen MR) is 51.8 cm³/mol. The van der Waals surface area contributed by atoms with E-state index in [1.807, 2.05) is 0 Å². The Morgan fingerprint density at radius 1 is 1.69 bits per heavy atom. The monoisotopic (exact) mass is 196 g/mol. The van der Waals surface area contributed by atoms with Crippen molar-refractivity contribution in [3.63, 3.8) is 0 Å². The highest BCUT2D eigenvalue weighted by atomic mass is 32.1. The summed E-state index contributed by atoms with van der Waals surface area (Å²) in [5, 5.41) is 8.67. The van der Waals surface area contributed by atoms with Gasteiger partial charge in [0.15, 0.2) is 5.69 Å². The highest BCUT2D eigenvalue weighted by Gasteiger charge is 2.09. The van der Waals surface area contributed by atoms with Gasteiger partial charge in [0.25, 0.3) is 0 Å². The van der Waals surface area contributed by atoms with Crippen LogP contribution in [0.15, 0.2) is 12.3 Å². The van der Waals surface area contributed by atoms with Crippen LogP contribution < -0.4 is 5.73 Å². The summed E-state index contributed by atoms with van der Waals surface area (Å²) in [4.78, 5) is 14.5. The summed E-state index contributed by atoms with van der Waals surface area (Å²) in [6.07, 6.45) is 1.36. The highest BCUT2D eigenvalue weighted by Crippen LogP contribution is 2.07. The molecule has 13 heavy (non-hydrogen) atoms. The van der Waals surface area contributed by atoms with E-state index >= 15 is 0 Å². The average molecular weight is 196 g/mol. The third kappa shape index (κ3) is 2.00. The molecule has 3 N–H and O–H groups in total. The normalized spacial score (nSPS) is 9.62. The number of rotatable bonds is 2. The van der Waals surface area contributed by atoms with E-state index in [0.29, 0.717) is 11.1 Å². The SMILES string of the molecule is Cc1cc(C(N)=S)cnc1C(=O)O. The van der Waals surface area contributed by atoms with Crippen molar-refractivity contribution >= 4 is 23.2 Å². The topological polar surface area (TPSA) is 76.2 Å². The Hall–Kier alpha value is -1.49. The van der Waals surface area contributed by atoms with E-state index in [4.69, 9.17) is 23.1 Å². The van der Waals surface area contributed by atoms with Crippen molar-refractivity contribution in [1.82, 2.24) is 4.98 Å². The minimum Gasteiger partial charge on any atom is -0.477 e. The standard InChI is InChI=1S/C8H8N2O2S/c1-4-2-5(7(9)13)3-10-6(4)8(11)12/h2-3H,1H3,(H2,9,13)(H,11,12). The molecular formula is C8H8N2O2S. The second-order valence-corrected chi connectivity index (χ2v) is 3.00. The van der Waals surface area contributed by atoms with Crippen molar-refractivity contribution in [3.05, 3.63) is 29.1 Å². The molecule has 0 radical (unpaired) electrons. The third-order valence-corrected chi connectivity index (χ3v) is 1.80. The first kappa shape index (κ1) is 9.60. The van der Waals surface area contributed by atoms with Crippen LogP contribution in [0, 0.1) is 6.92 Å². The highest BCUT2D eigenvalue weighted by molar-refractivity contribution is 7.80. The summed E-state index contributed by atoms with van der Waals surface area (Å²) in [5.74, 6) is -1.05. The second-order valence-electron chi connectivity index (χ2n) is 2.56. The Morgan fingerprint density at radius 2 is 2.31 bits per heavy atom. The maximum Gasteiger partial charge on any atom is 0.354 e. The molecule has 1 aromatic rings. The van der Waals surface area contributed by atoms with Gasteiger partial charge >= 0.3 is 5.97 Å². The van der Waals surface area contributed by atoms with E-state index in [1.54, 1.807) is 13.0 Å². The molecule has 0 aromatic carbocycles. The number of pyridine rings is 1. The summed E-state index contributed by atoms with van der Waals surface area (Å²) >= 11 is 4.72. The summed E-state index contributed by atoms with van der Waals surface area (Å²) in [6, 6.07) is 1.61. The summed E-state index contributed by atoms with van der Waals surface area (Å²) in [6.45, 7) is 1.65. The maximum atomic E-state index is 10.6. The first-order valence-electron chi connectivity index (χ1n) is 3.52. The number of aromatic nitrogens is 1. The van der Waals surface area contributed by atoms with Crippen LogP contribution in [0.5, 0.6) is 0 Å². The number of aryl methyl sites for hydroxylation is 1. The van der Waals surface area contributed by atoms with Crippen molar-refractivity contribution in [2.24, 2.45) is 5.73 Å². The molecule has 0 aliphatic carbocycles. The molecule has 0 amide bonds. The Bertz CT molecular complexity index is 376. The number of nitrogens with two attached hydrogens (primary N) is 1. The number of thiocarbonyl (C=S) groups is 1. The molecule has 0 atom stereocenters. The zero-order valence-electron chi connectivity index (χ0n) is 6.94. The number of carboxylic acids is 1. The van der Waals surface area contributed by atoms with E-state index in [1.165, 1.54) is 6.20 Å². The molecular weight excluding hydrogens is 188 g/mol. The van der Waals surface area contributed by atoms with E-state index in [2.05, 4.69) is 4.98 Å². The maximum absolute atomic E-state index is 10.6. The van der Waals surface area contributed by atoms with Gasteiger partial charge in [-0.15, -0.1) is 0 Å². The fourth-order valence-corrected chi connectivity index (χ4v) is 1.05. The molecule has 68 valence electrons. The van der Waals surface area contributed by atoms with Gasteiger partial charge in [-0.3, -0.25) is 0 Å². The van der Waals surface area contributed by atoms with Gasteiger partial charge in [-0.1, -0.05) is 12.2 Å². The van der Waals surface area contributed by atoms with Crippen LogP contribution >= 0.6 is 12.2 Å². The van der Waals surface area contributed by atoms with Crippen molar-refractivity contribution in [1.29, 1.82) is 0 Å². The van der Waals surface area contributed by atoms with Crippen LogP contribution in [-0.2, 0) is 0 Å². The minimum atomic E-state index is -1.05. The van der Waals surface area contributed by atoms with Gasteiger partial charge in [0.05, 0.1) is 0 Å². The molecule has 0 saturated heterocycles. The lowest BCUT2D eigenvalue weighted by Gasteiger charge is -2.02. The molecule has 0 aliphatic rings. The number of carboxylic acid groups (broad SMARTS) is 1. The molecule has 4 nitrogen and oxygen atoms in total. The molecule has 0 spiro atoms. The summed E-state index contributed by atoms with van der Waals surface area (Å²) < 4.78 is 0. The largest absolute Gasteiger partial charge is 0.477 e. The van der Waals surface area contributed by atoms with Gasteiger partial charge in [0.2, 0.25) is 0 Å². The van der Waals surface area contributed by atoms with E-state index in [9.17, 15) is 4.79 Å². The molecule has 0 unspecified atom stereocenters. The Morgan fingerprint density at radius 3 is 2.69 bits per heavy atom. The minimum absolute atomic E-state index is 0.0278. The van der Waals surface area contributed by atoms with E-state index < -0.39 is 5.97 Å². The van der Waals surface area contributed by atoms with Crippen molar-refractivity contribution in [2.45, 2.75) is 6.92 Å². The van der Waals surface area contributed by atoms with E-state index in [-0.39, 0.29) is 10.7 Å². The van der Waals surface area contributed by atoms with Gasteiger partial charge in [-0.2, -0.15) is 0 Å². The molecule has 1 rings (SSSR count). The fourth-order valence-electron chi connectivity index (χ4n) is 0.933. The van der Waals surface area contributed by atoms with Crippen LogP contribution in [0.2, 0.25) is 0 Å². The van der Waals surface area contributed by atoms with E-state index in [0.717, 1.165) is 0 Å². The zero-order valence-corrected chi connectivity index (χ0v) is 7.76. The van der Waals surface area contributed by atoms with Gasteiger partial charge in [0, 0.05) is 11.8 Å². The fraction of sp³-hybridized carbons (Fsp3) is 0.125. The smallest absolute Gasteiger partial charge is 0.354 e. The van der Waals surface area contributed by atoms with Gasteiger partial charge in [-0.25, -0.2) is 9.78 Å². The van der Waals surface area contributed by atoms with Gasteiger partial charge in [-0.05, 0) is 18.6 Å². The first-order valence-corrected chi connectivity index (χ1v) is 3.93. The molecule has 1 heterocycles. The quantitative estimate of drug-likeness (QED) is 0.682. The average Bonchev–Trinajstić information content (AvgIpc) is 2.03. The Labute approximate surface area is 80.4 Å². The zero-order chi connectivity index (χ0) is 10.0. The lowest BCUT2D eigenvalue weighted by Crippen LogP contribution is -2.12. The molecule has 0 fully saturated rings. The van der Waals surface area contributed by atoms with Crippen LogP contribution in [0.25, 0.3) is 0 Å². The molecule has 5 heteroatoms. The predicted octanol–water partition coefficient (Wildman–Crippen LogP) is 0.722. The molecule has 0 aliphatic heterocycles. The number of hydrogen-bond acceptors (Lipinski definition) is 3. The van der Waals surface area contributed by atoms with Gasteiger partial charge < -0.3 is 10.8 Å². The second kappa shape index (κ2) is 3.49. The number of carbonyl (C=O) groups is 1. The number of hydrogen-bond donors (Lipinski definition) is 2.